The Bertz CT molecular complexity index is 549. The predicted molar refractivity (Wildman–Crippen MR) is 70.4 cm³/mol. The van der Waals surface area contributed by atoms with Crippen molar-refractivity contribution in [1.29, 1.82) is 0 Å². The van der Waals surface area contributed by atoms with Gasteiger partial charge in [-0.15, -0.1) is 0 Å². The van der Waals surface area contributed by atoms with Gasteiger partial charge in [-0.25, -0.2) is 0 Å². The summed E-state index contributed by atoms with van der Waals surface area (Å²) in [6.07, 6.45) is 2.08. The van der Waals surface area contributed by atoms with Crippen LogP contribution in [0.4, 0.5) is 0 Å². The summed E-state index contributed by atoms with van der Waals surface area (Å²) in [5.74, 6) is 0.0286. The summed E-state index contributed by atoms with van der Waals surface area (Å²) in [6.45, 7) is 4.19. The highest BCUT2D eigenvalue weighted by Crippen LogP contribution is 2.14. The monoisotopic (exact) mass is 246 g/mol. The van der Waals surface area contributed by atoms with E-state index in [9.17, 15) is 4.79 Å². The molecule has 18 heavy (non-hydrogen) atoms. The molecule has 1 aromatic heterocycles. The fourth-order valence-electron chi connectivity index (χ4n) is 1.99. The zero-order valence-electron chi connectivity index (χ0n) is 11.0. The number of carbonyl (C=O) groups excluding carboxylic acids is 1. The molecule has 0 fully saturated rings. The summed E-state index contributed by atoms with van der Waals surface area (Å²) in [5.41, 5.74) is 2.15. The minimum atomic E-state index is 0.0286. The Labute approximate surface area is 106 Å². The van der Waals surface area contributed by atoms with Gasteiger partial charge in [0.05, 0.1) is 0 Å². The van der Waals surface area contributed by atoms with Crippen LogP contribution in [0.15, 0.2) is 18.2 Å². The molecular formula is C13H18N4O. The van der Waals surface area contributed by atoms with Gasteiger partial charge in [-0.2, -0.15) is 15.4 Å². The molecule has 1 amide bonds. The van der Waals surface area contributed by atoms with Crippen LogP contribution in [-0.4, -0.2) is 39.3 Å². The van der Waals surface area contributed by atoms with Gasteiger partial charge in [0, 0.05) is 18.7 Å². The van der Waals surface area contributed by atoms with E-state index in [0.29, 0.717) is 5.56 Å². The van der Waals surface area contributed by atoms with Crippen LogP contribution in [0.25, 0.3) is 11.0 Å². The number of fused-ring (bicyclic) bond motifs is 1. The average Bonchev–Trinajstić information content (AvgIpc) is 2.84. The van der Waals surface area contributed by atoms with E-state index in [2.05, 4.69) is 29.3 Å². The molecule has 2 aromatic rings. The van der Waals surface area contributed by atoms with E-state index in [0.717, 1.165) is 23.9 Å². The maximum Gasteiger partial charge on any atom is 0.253 e. The topological polar surface area (TPSA) is 61.9 Å². The summed E-state index contributed by atoms with van der Waals surface area (Å²) in [7, 11) is 1.84. The minimum absolute atomic E-state index is 0.0286. The molecule has 0 saturated carbocycles. The number of carbonyl (C=O) groups is 1. The second-order valence-corrected chi connectivity index (χ2v) is 4.58. The van der Waals surface area contributed by atoms with Gasteiger partial charge in [0.25, 0.3) is 5.91 Å². The van der Waals surface area contributed by atoms with Crippen LogP contribution in [-0.2, 0) is 0 Å². The maximum atomic E-state index is 12.3. The highest BCUT2D eigenvalue weighted by atomic mass is 16.2. The number of aromatic nitrogens is 3. The number of nitrogens with zero attached hydrogens (tertiary/aromatic N) is 3. The van der Waals surface area contributed by atoms with E-state index in [1.807, 2.05) is 13.1 Å². The molecule has 1 aromatic carbocycles. The standard InChI is InChI=1S/C13H18N4O/c1-4-5-9(2)17(3)13(18)10-6-7-11-12(8-10)15-16-14-11/h6-9H,4-5H2,1-3H3,(H,14,15,16)/t9-/m1/s1. The molecule has 5 nitrogen and oxygen atoms in total. The van der Waals surface area contributed by atoms with Gasteiger partial charge >= 0.3 is 0 Å². The lowest BCUT2D eigenvalue weighted by Gasteiger charge is -2.24. The van der Waals surface area contributed by atoms with Gasteiger partial charge in [-0.05, 0) is 31.5 Å². The quantitative estimate of drug-likeness (QED) is 0.899. The van der Waals surface area contributed by atoms with Crippen LogP contribution in [0.2, 0.25) is 0 Å². The highest BCUT2D eigenvalue weighted by Gasteiger charge is 2.17. The van der Waals surface area contributed by atoms with Crippen molar-refractivity contribution < 1.29 is 4.79 Å². The first-order chi connectivity index (χ1) is 8.63. The first-order valence-electron chi connectivity index (χ1n) is 6.21. The van der Waals surface area contributed by atoms with E-state index in [4.69, 9.17) is 0 Å². The van der Waals surface area contributed by atoms with E-state index in [1.54, 1.807) is 17.0 Å². The summed E-state index contributed by atoms with van der Waals surface area (Å²) in [6, 6.07) is 5.62. The van der Waals surface area contributed by atoms with Crippen LogP contribution >= 0.6 is 0 Å². The molecule has 0 saturated heterocycles. The molecule has 0 bridgehead atoms. The van der Waals surface area contributed by atoms with Gasteiger partial charge in [-0.3, -0.25) is 4.79 Å². The fraction of sp³-hybridized carbons (Fsp3) is 0.462. The van der Waals surface area contributed by atoms with Gasteiger partial charge in [-0.1, -0.05) is 13.3 Å². The molecule has 0 aliphatic carbocycles. The zero-order chi connectivity index (χ0) is 13.1. The maximum absolute atomic E-state index is 12.3. The van der Waals surface area contributed by atoms with Crippen LogP contribution in [0, 0.1) is 0 Å². The number of rotatable bonds is 4. The predicted octanol–water partition coefficient (Wildman–Crippen LogP) is 2.22. The highest BCUT2D eigenvalue weighted by molar-refractivity contribution is 5.97. The number of hydrogen-bond acceptors (Lipinski definition) is 3. The number of H-pyrrole nitrogens is 1. The number of amides is 1. The second-order valence-electron chi connectivity index (χ2n) is 4.58. The van der Waals surface area contributed by atoms with Crippen molar-refractivity contribution in [2.75, 3.05) is 7.05 Å². The smallest absolute Gasteiger partial charge is 0.253 e. The molecule has 0 unspecified atom stereocenters. The molecule has 0 aliphatic heterocycles. The van der Waals surface area contributed by atoms with Crippen molar-refractivity contribution in [2.24, 2.45) is 0 Å². The lowest BCUT2D eigenvalue weighted by atomic mass is 10.1. The lowest BCUT2D eigenvalue weighted by Crippen LogP contribution is -2.34. The van der Waals surface area contributed by atoms with Gasteiger partial charge in [0.1, 0.15) is 11.0 Å². The molecule has 2 rings (SSSR count). The molecule has 0 radical (unpaired) electrons. The third-order valence-corrected chi connectivity index (χ3v) is 3.25. The number of benzene rings is 1. The van der Waals surface area contributed by atoms with E-state index in [1.165, 1.54) is 0 Å². The molecule has 1 heterocycles. The Balaban J connectivity index is 2.21. The van der Waals surface area contributed by atoms with Crippen LogP contribution in [0.3, 0.4) is 0 Å². The third kappa shape index (κ3) is 2.34. The first kappa shape index (κ1) is 12.5. The summed E-state index contributed by atoms with van der Waals surface area (Å²) in [4.78, 5) is 14.1. The van der Waals surface area contributed by atoms with Crippen molar-refractivity contribution in [3.05, 3.63) is 23.8 Å². The Morgan fingerprint density at radius 2 is 2.11 bits per heavy atom. The second kappa shape index (κ2) is 5.16. The zero-order valence-corrected chi connectivity index (χ0v) is 11.0. The molecule has 1 N–H and O–H groups in total. The van der Waals surface area contributed by atoms with Gasteiger partial charge < -0.3 is 4.90 Å². The fourth-order valence-corrected chi connectivity index (χ4v) is 1.99. The Kier molecular flexibility index (Phi) is 3.60. The molecule has 0 aliphatic rings. The lowest BCUT2D eigenvalue weighted by molar-refractivity contribution is 0.0737. The molecular weight excluding hydrogens is 228 g/mol. The molecule has 96 valence electrons. The number of nitrogens with one attached hydrogen (secondary N) is 1. The van der Waals surface area contributed by atoms with Gasteiger partial charge in [0.15, 0.2) is 0 Å². The third-order valence-electron chi connectivity index (χ3n) is 3.25. The van der Waals surface area contributed by atoms with Crippen molar-refractivity contribution in [1.82, 2.24) is 20.3 Å². The normalized spacial score (nSPS) is 12.6. The van der Waals surface area contributed by atoms with E-state index in [-0.39, 0.29) is 11.9 Å². The number of aromatic amines is 1. The van der Waals surface area contributed by atoms with Crippen LogP contribution in [0.1, 0.15) is 37.0 Å². The van der Waals surface area contributed by atoms with Crippen LogP contribution in [0.5, 0.6) is 0 Å². The van der Waals surface area contributed by atoms with Crippen LogP contribution < -0.4 is 0 Å². The van der Waals surface area contributed by atoms with Crippen molar-refractivity contribution in [2.45, 2.75) is 32.7 Å². The Morgan fingerprint density at radius 3 is 2.83 bits per heavy atom. The van der Waals surface area contributed by atoms with E-state index >= 15 is 0 Å². The summed E-state index contributed by atoms with van der Waals surface area (Å²) in [5, 5.41) is 10.5. The first-order valence-corrected chi connectivity index (χ1v) is 6.21. The summed E-state index contributed by atoms with van der Waals surface area (Å²) < 4.78 is 0. The van der Waals surface area contributed by atoms with Crippen molar-refractivity contribution in [3.8, 4) is 0 Å². The van der Waals surface area contributed by atoms with Gasteiger partial charge in [0.2, 0.25) is 0 Å². The largest absolute Gasteiger partial charge is 0.339 e. The molecule has 1 atom stereocenters. The average molecular weight is 246 g/mol. The molecule has 0 spiro atoms. The Morgan fingerprint density at radius 1 is 1.39 bits per heavy atom. The minimum Gasteiger partial charge on any atom is -0.339 e. The summed E-state index contributed by atoms with van der Waals surface area (Å²) >= 11 is 0. The van der Waals surface area contributed by atoms with Crippen molar-refractivity contribution in [3.63, 3.8) is 0 Å². The molecule has 5 heteroatoms. The SMILES string of the molecule is CCC[C@@H](C)N(C)C(=O)c1ccc2n[nH]nc2c1. The van der Waals surface area contributed by atoms with E-state index < -0.39 is 0 Å². The Hall–Kier alpha value is -1.91. The van der Waals surface area contributed by atoms with Crippen molar-refractivity contribution >= 4 is 16.9 Å². The number of hydrogen-bond donors (Lipinski definition) is 1.